The van der Waals surface area contributed by atoms with Crippen molar-refractivity contribution in [3.05, 3.63) is 0 Å². The molecule has 2 atom stereocenters. The zero-order valence-corrected chi connectivity index (χ0v) is 12.8. The molecule has 110 valence electrons. The van der Waals surface area contributed by atoms with Crippen LogP contribution in [0.1, 0.15) is 45.4 Å². The molecule has 0 aromatic carbocycles. The Labute approximate surface area is 118 Å². The van der Waals surface area contributed by atoms with E-state index in [0.717, 1.165) is 12.0 Å². The predicted octanol–water partition coefficient (Wildman–Crippen LogP) is 1.93. The van der Waals surface area contributed by atoms with Gasteiger partial charge in [0.2, 0.25) is 0 Å². The maximum atomic E-state index is 3.90. The predicted molar refractivity (Wildman–Crippen MR) is 80.5 cm³/mol. The molecular weight excluding hydrogens is 234 g/mol. The third kappa shape index (κ3) is 3.14. The van der Waals surface area contributed by atoms with E-state index in [1.54, 1.807) is 0 Å². The first kappa shape index (κ1) is 13.8. The van der Waals surface area contributed by atoms with E-state index in [-0.39, 0.29) is 0 Å². The van der Waals surface area contributed by atoms with Crippen molar-refractivity contribution >= 4 is 0 Å². The summed E-state index contributed by atoms with van der Waals surface area (Å²) >= 11 is 0. The van der Waals surface area contributed by atoms with Gasteiger partial charge < -0.3 is 10.2 Å². The molecule has 3 heteroatoms. The second kappa shape index (κ2) is 5.71. The highest BCUT2D eigenvalue weighted by molar-refractivity contribution is 4.99. The molecule has 0 amide bonds. The first-order chi connectivity index (χ1) is 9.17. The maximum Gasteiger partial charge on any atom is 0.0309 e. The van der Waals surface area contributed by atoms with Crippen LogP contribution in [0.4, 0.5) is 0 Å². The molecule has 3 aliphatic rings. The molecule has 0 aromatic rings. The van der Waals surface area contributed by atoms with Crippen LogP contribution in [0, 0.1) is 5.92 Å². The van der Waals surface area contributed by atoms with Crippen molar-refractivity contribution in [1.29, 1.82) is 0 Å². The maximum absolute atomic E-state index is 3.90. The van der Waals surface area contributed by atoms with Crippen molar-refractivity contribution in [2.45, 2.75) is 57.0 Å². The summed E-state index contributed by atoms with van der Waals surface area (Å²) in [5.41, 5.74) is 0.468. The molecule has 1 aliphatic carbocycles. The molecule has 2 aliphatic heterocycles. The molecule has 19 heavy (non-hydrogen) atoms. The van der Waals surface area contributed by atoms with Crippen LogP contribution in [0.25, 0.3) is 0 Å². The van der Waals surface area contributed by atoms with Gasteiger partial charge in [-0.05, 0) is 45.7 Å². The minimum absolute atomic E-state index is 0.468. The third-order valence-corrected chi connectivity index (χ3v) is 5.69. The molecule has 1 N–H and O–H groups in total. The van der Waals surface area contributed by atoms with Crippen molar-refractivity contribution in [2.24, 2.45) is 5.92 Å². The lowest BCUT2D eigenvalue weighted by molar-refractivity contribution is 0.0522. The van der Waals surface area contributed by atoms with Gasteiger partial charge in [0.05, 0.1) is 0 Å². The van der Waals surface area contributed by atoms with Crippen LogP contribution in [-0.4, -0.2) is 61.2 Å². The SMILES string of the molecule is CC1CNC2(CCCCC2)CN1CC1CCN(C)C1. The quantitative estimate of drug-likeness (QED) is 0.823. The van der Waals surface area contributed by atoms with E-state index in [9.17, 15) is 0 Å². The smallest absolute Gasteiger partial charge is 0.0309 e. The van der Waals surface area contributed by atoms with Crippen molar-refractivity contribution in [3.8, 4) is 0 Å². The van der Waals surface area contributed by atoms with E-state index in [1.807, 2.05) is 0 Å². The van der Waals surface area contributed by atoms with E-state index < -0.39 is 0 Å². The van der Waals surface area contributed by atoms with Gasteiger partial charge >= 0.3 is 0 Å². The van der Waals surface area contributed by atoms with Gasteiger partial charge in [-0.3, -0.25) is 4.90 Å². The topological polar surface area (TPSA) is 18.5 Å². The van der Waals surface area contributed by atoms with E-state index >= 15 is 0 Å². The van der Waals surface area contributed by atoms with Gasteiger partial charge in [-0.15, -0.1) is 0 Å². The van der Waals surface area contributed by atoms with Crippen molar-refractivity contribution in [3.63, 3.8) is 0 Å². The molecule has 0 bridgehead atoms. The minimum Gasteiger partial charge on any atom is -0.308 e. The third-order valence-electron chi connectivity index (χ3n) is 5.69. The normalized spacial score (nSPS) is 36.9. The average Bonchev–Trinajstić information content (AvgIpc) is 2.81. The molecule has 2 saturated heterocycles. The first-order valence-electron chi connectivity index (χ1n) is 8.34. The summed E-state index contributed by atoms with van der Waals surface area (Å²) in [6.07, 6.45) is 8.52. The van der Waals surface area contributed by atoms with Crippen molar-refractivity contribution in [2.75, 3.05) is 39.8 Å². The van der Waals surface area contributed by atoms with Crippen LogP contribution in [-0.2, 0) is 0 Å². The zero-order chi connectivity index (χ0) is 13.3. The molecular formula is C16H31N3. The highest BCUT2D eigenvalue weighted by Gasteiger charge is 2.39. The number of rotatable bonds is 2. The Balaban J connectivity index is 1.59. The summed E-state index contributed by atoms with van der Waals surface area (Å²) in [4.78, 5) is 5.29. The number of nitrogens with zero attached hydrogens (tertiary/aromatic N) is 2. The summed E-state index contributed by atoms with van der Waals surface area (Å²) in [6, 6.07) is 0.721. The molecule has 1 spiro atoms. The van der Waals surface area contributed by atoms with Crippen LogP contribution >= 0.6 is 0 Å². The summed E-state index contributed by atoms with van der Waals surface area (Å²) in [6.45, 7) is 8.84. The number of likely N-dealkylation sites (tertiary alicyclic amines) is 1. The molecule has 0 radical (unpaired) electrons. The fraction of sp³-hybridized carbons (Fsp3) is 1.00. The second-order valence-electron chi connectivity index (χ2n) is 7.42. The summed E-state index contributed by atoms with van der Waals surface area (Å²) in [5.74, 6) is 0.909. The van der Waals surface area contributed by atoms with Crippen LogP contribution < -0.4 is 5.32 Å². The monoisotopic (exact) mass is 265 g/mol. The van der Waals surface area contributed by atoms with Gasteiger partial charge in [-0.2, -0.15) is 0 Å². The molecule has 3 nitrogen and oxygen atoms in total. The highest BCUT2D eigenvalue weighted by Crippen LogP contribution is 2.32. The van der Waals surface area contributed by atoms with E-state index in [0.29, 0.717) is 5.54 Å². The minimum atomic E-state index is 0.468. The zero-order valence-electron chi connectivity index (χ0n) is 12.8. The number of hydrogen-bond donors (Lipinski definition) is 1. The lowest BCUT2D eigenvalue weighted by atomic mass is 9.79. The summed E-state index contributed by atoms with van der Waals surface area (Å²) in [7, 11) is 2.27. The molecule has 2 unspecified atom stereocenters. The van der Waals surface area contributed by atoms with Crippen LogP contribution in [0.15, 0.2) is 0 Å². The average molecular weight is 265 g/mol. The van der Waals surface area contributed by atoms with Gasteiger partial charge in [-0.25, -0.2) is 0 Å². The van der Waals surface area contributed by atoms with Crippen molar-refractivity contribution in [1.82, 2.24) is 15.1 Å². The Bertz CT molecular complexity index is 298. The number of piperazine rings is 1. The Morgan fingerprint density at radius 3 is 2.68 bits per heavy atom. The Morgan fingerprint density at radius 1 is 1.21 bits per heavy atom. The van der Waals surface area contributed by atoms with Gasteiger partial charge in [0.25, 0.3) is 0 Å². The van der Waals surface area contributed by atoms with Gasteiger partial charge in [0.1, 0.15) is 0 Å². The van der Waals surface area contributed by atoms with Crippen LogP contribution in [0.5, 0.6) is 0 Å². The standard InChI is InChI=1S/C16H31N3/c1-14-10-17-16(7-4-3-5-8-16)13-19(14)12-15-6-9-18(2)11-15/h14-15,17H,3-13H2,1-2H3. The molecule has 3 rings (SSSR count). The number of hydrogen-bond acceptors (Lipinski definition) is 3. The van der Waals surface area contributed by atoms with Crippen molar-refractivity contribution < 1.29 is 0 Å². The second-order valence-corrected chi connectivity index (χ2v) is 7.42. The summed E-state index contributed by atoms with van der Waals surface area (Å²) in [5, 5.41) is 3.90. The molecule has 2 heterocycles. The fourth-order valence-corrected chi connectivity index (χ4v) is 4.41. The molecule has 0 aromatic heterocycles. The van der Waals surface area contributed by atoms with Gasteiger partial charge in [-0.1, -0.05) is 19.3 Å². The largest absolute Gasteiger partial charge is 0.308 e. The summed E-state index contributed by atoms with van der Waals surface area (Å²) < 4.78 is 0. The first-order valence-corrected chi connectivity index (χ1v) is 8.34. The number of nitrogens with one attached hydrogen (secondary N) is 1. The van der Waals surface area contributed by atoms with E-state index in [1.165, 1.54) is 71.2 Å². The lowest BCUT2D eigenvalue weighted by Gasteiger charge is -2.49. The van der Waals surface area contributed by atoms with Gasteiger partial charge in [0.15, 0.2) is 0 Å². The van der Waals surface area contributed by atoms with Crippen LogP contribution in [0.3, 0.4) is 0 Å². The highest BCUT2D eigenvalue weighted by atomic mass is 15.3. The lowest BCUT2D eigenvalue weighted by Crippen LogP contribution is -2.64. The van der Waals surface area contributed by atoms with E-state index in [4.69, 9.17) is 0 Å². The molecule has 1 saturated carbocycles. The van der Waals surface area contributed by atoms with E-state index in [2.05, 4.69) is 29.1 Å². The Morgan fingerprint density at radius 2 is 2.00 bits per heavy atom. The van der Waals surface area contributed by atoms with Crippen LogP contribution in [0.2, 0.25) is 0 Å². The molecule has 3 fully saturated rings. The Hall–Kier alpha value is -0.120. The Kier molecular flexibility index (Phi) is 4.16. The van der Waals surface area contributed by atoms with Gasteiger partial charge in [0, 0.05) is 37.8 Å². The fourth-order valence-electron chi connectivity index (χ4n) is 4.41.